The average molecular weight is 200 g/mol. The highest BCUT2D eigenvalue weighted by Crippen LogP contribution is 1.93. The minimum atomic E-state index is 0.779. The van der Waals surface area contributed by atoms with Crippen LogP contribution in [-0.4, -0.2) is 26.2 Å². The Hall–Kier alpha value is -0.0800. The summed E-state index contributed by atoms with van der Waals surface area (Å²) in [6, 6.07) is 0. The van der Waals surface area contributed by atoms with Gasteiger partial charge in [-0.15, -0.1) is 0 Å². The second-order valence-corrected chi connectivity index (χ2v) is 4.41. The lowest BCUT2D eigenvalue weighted by molar-refractivity contribution is 0.523. The Morgan fingerprint density at radius 1 is 0.857 bits per heavy atom. The molecule has 0 fully saturated rings. The molecule has 0 aromatic rings. The van der Waals surface area contributed by atoms with Gasteiger partial charge in [0.25, 0.3) is 0 Å². The van der Waals surface area contributed by atoms with Crippen molar-refractivity contribution < 1.29 is 0 Å². The van der Waals surface area contributed by atoms with Crippen LogP contribution in [0.3, 0.4) is 0 Å². The van der Waals surface area contributed by atoms with Crippen LogP contribution in [0.4, 0.5) is 0 Å². The van der Waals surface area contributed by atoms with E-state index in [0.717, 1.165) is 12.5 Å². The van der Waals surface area contributed by atoms with Crippen LogP contribution in [0, 0.1) is 5.92 Å². The SMILES string of the molecule is CCCNCCCCCNCC(C)C. The molecule has 2 nitrogen and oxygen atoms in total. The van der Waals surface area contributed by atoms with Crippen molar-refractivity contribution in [2.75, 3.05) is 26.2 Å². The van der Waals surface area contributed by atoms with Gasteiger partial charge >= 0.3 is 0 Å². The lowest BCUT2D eigenvalue weighted by atomic mass is 10.2. The van der Waals surface area contributed by atoms with E-state index in [1.807, 2.05) is 0 Å². The van der Waals surface area contributed by atoms with Crippen molar-refractivity contribution in [1.82, 2.24) is 10.6 Å². The summed E-state index contributed by atoms with van der Waals surface area (Å²) in [6.45, 7) is 11.4. The molecule has 0 amide bonds. The molecule has 0 radical (unpaired) electrons. The fraction of sp³-hybridized carbons (Fsp3) is 1.00. The first-order valence-electron chi connectivity index (χ1n) is 6.18. The summed E-state index contributed by atoms with van der Waals surface area (Å²) in [4.78, 5) is 0. The number of hydrogen-bond acceptors (Lipinski definition) is 2. The van der Waals surface area contributed by atoms with Crippen LogP contribution >= 0.6 is 0 Å². The van der Waals surface area contributed by atoms with Crippen molar-refractivity contribution in [3.05, 3.63) is 0 Å². The summed E-state index contributed by atoms with van der Waals surface area (Å²) >= 11 is 0. The fourth-order valence-corrected chi connectivity index (χ4v) is 1.37. The van der Waals surface area contributed by atoms with Gasteiger partial charge in [0.05, 0.1) is 0 Å². The van der Waals surface area contributed by atoms with Gasteiger partial charge in [-0.05, 0) is 51.4 Å². The quantitative estimate of drug-likeness (QED) is 0.529. The highest BCUT2D eigenvalue weighted by Gasteiger charge is 1.92. The molecule has 2 heteroatoms. The summed E-state index contributed by atoms with van der Waals surface area (Å²) in [7, 11) is 0. The molecular weight excluding hydrogens is 172 g/mol. The van der Waals surface area contributed by atoms with Crippen molar-refractivity contribution in [2.24, 2.45) is 5.92 Å². The first-order chi connectivity index (χ1) is 6.77. The van der Waals surface area contributed by atoms with Crippen LogP contribution in [-0.2, 0) is 0 Å². The maximum absolute atomic E-state index is 3.47. The van der Waals surface area contributed by atoms with E-state index in [4.69, 9.17) is 0 Å². The smallest absolute Gasteiger partial charge is 0.00258 e. The Bertz CT molecular complexity index is 102. The molecule has 14 heavy (non-hydrogen) atoms. The Labute approximate surface area is 89.9 Å². The zero-order valence-electron chi connectivity index (χ0n) is 10.2. The predicted octanol–water partition coefficient (Wildman–Crippen LogP) is 2.40. The summed E-state index contributed by atoms with van der Waals surface area (Å²) < 4.78 is 0. The van der Waals surface area contributed by atoms with Crippen molar-refractivity contribution in [3.63, 3.8) is 0 Å². The third-order valence-electron chi connectivity index (χ3n) is 2.19. The van der Waals surface area contributed by atoms with Gasteiger partial charge in [-0.25, -0.2) is 0 Å². The van der Waals surface area contributed by atoms with Gasteiger partial charge in [-0.1, -0.05) is 27.2 Å². The lowest BCUT2D eigenvalue weighted by Crippen LogP contribution is -2.21. The van der Waals surface area contributed by atoms with Gasteiger partial charge in [0.1, 0.15) is 0 Å². The largest absolute Gasteiger partial charge is 0.317 e. The maximum atomic E-state index is 3.47. The van der Waals surface area contributed by atoms with Gasteiger partial charge < -0.3 is 10.6 Å². The van der Waals surface area contributed by atoms with E-state index in [0.29, 0.717) is 0 Å². The summed E-state index contributed by atoms with van der Waals surface area (Å²) in [6.07, 6.45) is 5.24. The van der Waals surface area contributed by atoms with Crippen molar-refractivity contribution in [3.8, 4) is 0 Å². The molecule has 0 atom stereocenters. The van der Waals surface area contributed by atoms with E-state index in [1.54, 1.807) is 0 Å². The molecule has 0 rings (SSSR count). The number of rotatable bonds is 10. The molecule has 86 valence electrons. The molecule has 0 saturated heterocycles. The molecule has 0 aliphatic rings. The highest BCUT2D eigenvalue weighted by molar-refractivity contribution is 4.53. The normalized spacial score (nSPS) is 11.1. The van der Waals surface area contributed by atoms with Crippen molar-refractivity contribution in [2.45, 2.75) is 46.5 Å². The van der Waals surface area contributed by atoms with Crippen LogP contribution < -0.4 is 10.6 Å². The zero-order valence-corrected chi connectivity index (χ0v) is 10.2. The molecule has 0 aliphatic carbocycles. The molecule has 0 unspecified atom stereocenters. The molecule has 0 spiro atoms. The summed E-state index contributed by atoms with van der Waals surface area (Å²) in [5.41, 5.74) is 0. The van der Waals surface area contributed by atoms with Crippen LogP contribution in [0.1, 0.15) is 46.5 Å². The molecule has 0 aromatic carbocycles. The van der Waals surface area contributed by atoms with E-state index in [9.17, 15) is 0 Å². The third kappa shape index (κ3) is 11.9. The highest BCUT2D eigenvalue weighted by atomic mass is 14.9. The Morgan fingerprint density at radius 2 is 1.50 bits per heavy atom. The standard InChI is InChI=1S/C12H28N2/c1-4-8-13-9-6-5-7-10-14-11-12(2)3/h12-14H,4-11H2,1-3H3. The second kappa shape index (κ2) is 11.0. The first-order valence-corrected chi connectivity index (χ1v) is 6.18. The zero-order chi connectivity index (χ0) is 10.6. The Morgan fingerprint density at radius 3 is 2.07 bits per heavy atom. The van der Waals surface area contributed by atoms with Crippen LogP contribution in [0.2, 0.25) is 0 Å². The van der Waals surface area contributed by atoms with Crippen LogP contribution in [0.15, 0.2) is 0 Å². The Balaban J connectivity index is 2.85. The lowest BCUT2D eigenvalue weighted by Gasteiger charge is -2.07. The van der Waals surface area contributed by atoms with Crippen LogP contribution in [0.25, 0.3) is 0 Å². The maximum Gasteiger partial charge on any atom is -0.00258 e. The number of unbranched alkanes of at least 4 members (excludes halogenated alkanes) is 2. The molecule has 0 aliphatic heterocycles. The summed E-state index contributed by atoms with van der Waals surface area (Å²) in [5.74, 6) is 0.779. The van der Waals surface area contributed by atoms with E-state index in [-0.39, 0.29) is 0 Å². The minimum absolute atomic E-state index is 0.779. The van der Waals surface area contributed by atoms with Gasteiger partial charge in [-0.3, -0.25) is 0 Å². The minimum Gasteiger partial charge on any atom is -0.317 e. The van der Waals surface area contributed by atoms with E-state index in [2.05, 4.69) is 31.4 Å². The first kappa shape index (κ1) is 13.9. The molecule has 0 saturated carbocycles. The predicted molar refractivity (Wildman–Crippen MR) is 64.7 cm³/mol. The van der Waals surface area contributed by atoms with Gasteiger partial charge in [-0.2, -0.15) is 0 Å². The van der Waals surface area contributed by atoms with Gasteiger partial charge in [0.15, 0.2) is 0 Å². The van der Waals surface area contributed by atoms with Gasteiger partial charge in [0, 0.05) is 0 Å². The second-order valence-electron chi connectivity index (χ2n) is 4.41. The number of nitrogens with one attached hydrogen (secondary N) is 2. The molecule has 2 N–H and O–H groups in total. The Kier molecular flexibility index (Phi) is 10.9. The summed E-state index contributed by atoms with van der Waals surface area (Å²) in [5, 5.41) is 6.89. The van der Waals surface area contributed by atoms with E-state index < -0.39 is 0 Å². The average Bonchev–Trinajstić information content (AvgIpc) is 2.15. The topological polar surface area (TPSA) is 24.1 Å². The molecular formula is C12H28N2. The van der Waals surface area contributed by atoms with E-state index in [1.165, 1.54) is 45.3 Å². The fourth-order valence-electron chi connectivity index (χ4n) is 1.37. The van der Waals surface area contributed by atoms with E-state index >= 15 is 0 Å². The molecule has 0 aromatic heterocycles. The van der Waals surface area contributed by atoms with Crippen molar-refractivity contribution >= 4 is 0 Å². The number of hydrogen-bond donors (Lipinski definition) is 2. The van der Waals surface area contributed by atoms with Gasteiger partial charge in [0.2, 0.25) is 0 Å². The third-order valence-corrected chi connectivity index (χ3v) is 2.19. The van der Waals surface area contributed by atoms with Crippen LogP contribution in [0.5, 0.6) is 0 Å². The molecule has 0 bridgehead atoms. The molecule has 0 heterocycles. The monoisotopic (exact) mass is 200 g/mol. The van der Waals surface area contributed by atoms with Crippen molar-refractivity contribution in [1.29, 1.82) is 0 Å².